The first-order chi connectivity index (χ1) is 11.7. The SMILES string of the molecule is C[C@H](NC(=O)NCC[C@H]1CCCO1)c1nc(-c2ccccc2)cs1. The van der Waals surface area contributed by atoms with E-state index < -0.39 is 0 Å². The molecule has 0 unspecified atom stereocenters. The van der Waals surface area contributed by atoms with E-state index in [4.69, 9.17) is 4.74 Å². The maximum atomic E-state index is 12.0. The van der Waals surface area contributed by atoms with Gasteiger partial charge in [0.2, 0.25) is 0 Å². The van der Waals surface area contributed by atoms with Gasteiger partial charge in [0.15, 0.2) is 0 Å². The average Bonchev–Trinajstić information content (AvgIpc) is 3.27. The maximum Gasteiger partial charge on any atom is 0.315 e. The Labute approximate surface area is 146 Å². The third-order valence-corrected chi connectivity index (χ3v) is 5.11. The number of hydrogen-bond acceptors (Lipinski definition) is 4. The lowest BCUT2D eigenvalue weighted by Gasteiger charge is -2.14. The largest absolute Gasteiger partial charge is 0.378 e. The van der Waals surface area contributed by atoms with Gasteiger partial charge in [-0.05, 0) is 26.2 Å². The standard InChI is InChI=1S/C18H23N3O2S/c1-13(20-18(22)19-10-9-15-8-5-11-23-15)17-21-16(12-24-17)14-6-3-2-4-7-14/h2-4,6-7,12-13,15H,5,8-11H2,1H3,(H2,19,20,22)/t13-,15+/m0/s1. The first-order valence-corrected chi connectivity index (χ1v) is 9.27. The molecule has 2 atom stereocenters. The molecule has 3 rings (SSSR count). The molecule has 2 N–H and O–H groups in total. The lowest BCUT2D eigenvalue weighted by molar-refractivity contribution is 0.104. The van der Waals surface area contributed by atoms with Crippen LogP contribution in [-0.2, 0) is 4.74 Å². The highest BCUT2D eigenvalue weighted by Gasteiger charge is 2.16. The summed E-state index contributed by atoms with van der Waals surface area (Å²) >= 11 is 1.57. The molecule has 0 saturated carbocycles. The quantitative estimate of drug-likeness (QED) is 0.838. The molecule has 5 nitrogen and oxygen atoms in total. The van der Waals surface area contributed by atoms with E-state index in [0.29, 0.717) is 12.6 Å². The van der Waals surface area contributed by atoms with Crippen molar-refractivity contribution < 1.29 is 9.53 Å². The first-order valence-electron chi connectivity index (χ1n) is 8.39. The van der Waals surface area contributed by atoms with Crippen LogP contribution in [0.3, 0.4) is 0 Å². The number of hydrogen-bond donors (Lipinski definition) is 2. The molecule has 0 radical (unpaired) electrons. The van der Waals surface area contributed by atoms with Gasteiger partial charge in [0, 0.05) is 24.1 Å². The predicted octanol–water partition coefficient (Wildman–Crippen LogP) is 3.74. The van der Waals surface area contributed by atoms with E-state index in [1.807, 2.05) is 42.6 Å². The van der Waals surface area contributed by atoms with Crippen LogP contribution in [0.2, 0.25) is 0 Å². The molecule has 2 aromatic rings. The highest BCUT2D eigenvalue weighted by molar-refractivity contribution is 7.10. The van der Waals surface area contributed by atoms with Crippen molar-refractivity contribution in [2.24, 2.45) is 0 Å². The summed E-state index contributed by atoms with van der Waals surface area (Å²) in [6.45, 7) is 3.44. The van der Waals surface area contributed by atoms with Crippen molar-refractivity contribution >= 4 is 17.4 Å². The van der Waals surface area contributed by atoms with Crippen LogP contribution in [-0.4, -0.2) is 30.3 Å². The predicted molar refractivity (Wildman–Crippen MR) is 96.1 cm³/mol. The topological polar surface area (TPSA) is 63.2 Å². The minimum atomic E-state index is -0.156. The second-order valence-electron chi connectivity index (χ2n) is 5.98. The summed E-state index contributed by atoms with van der Waals surface area (Å²) in [6.07, 6.45) is 3.40. The molecule has 1 aliphatic rings. The lowest BCUT2D eigenvalue weighted by atomic mass is 10.2. The number of rotatable bonds is 6. The van der Waals surface area contributed by atoms with Gasteiger partial charge in [-0.25, -0.2) is 9.78 Å². The Kier molecular flexibility index (Phi) is 5.82. The van der Waals surface area contributed by atoms with Gasteiger partial charge in [0.25, 0.3) is 0 Å². The summed E-state index contributed by atoms with van der Waals surface area (Å²) in [5.41, 5.74) is 2.04. The third kappa shape index (κ3) is 4.55. The Bertz CT molecular complexity index is 653. The highest BCUT2D eigenvalue weighted by Crippen LogP contribution is 2.25. The van der Waals surface area contributed by atoms with Crippen molar-refractivity contribution in [2.75, 3.05) is 13.2 Å². The van der Waals surface area contributed by atoms with Gasteiger partial charge in [-0.1, -0.05) is 30.3 Å². The number of urea groups is 1. The Hall–Kier alpha value is -1.92. The van der Waals surface area contributed by atoms with Gasteiger partial charge in [-0.15, -0.1) is 11.3 Å². The lowest BCUT2D eigenvalue weighted by Crippen LogP contribution is -2.38. The van der Waals surface area contributed by atoms with Crippen LogP contribution in [0, 0.1) is 0 Å². The minimum Gasteiger partial charge on any atom is -0.378 e. The molecule has 0 bridgehead atoms. The van der Waals surface area contributed by atoms with Crippen molar-refractivity contribution in [1.82, 2.24) is 15.6 Å². The van der Waals surface area contributed by atoms with Gasteiger partial charge in [0.05, 0.1) is 17.8 Å². The Morgan fingerprint density at radius 3 is 3.00 bits per heavy atom. The Morgan fingerprint density at radius 2 is 2.25 bits per heavy atom. The number of thiazole rings is 1. The monoisotopic (exact) mass is 345 g/mol. The second-order valence-corrected chi connectivity index (χ2v) is 6.87. The summed E-state index contributed by atoms with van der Waals surface area (Å²) < 4.78 is 5.55. The number of amides is 2. The molecule has 0 spiro atoms. The number of benzene rings is 1. The molecule has 1 fully saturated rings. The molecule has 2 heterocycles. The Morgan fingerprint density at radius 1 is 1.42 bits per heavy atom. The van der Waals surface area contributed by atoms with Crippen molar-refractivity contribution in [3.8, 4) is 11.3 Å². The zero-order valence-electron chi connectivity index (χ0n) is 13.8. The summed E-state index contributed by atoms with van der Waals surface area (Å²) in [4.78, 5) is 16.6. The number of carbonyl (C=O) groups excluding carboxylic acids is 1. The fourth-order valence-electron chi connectivity index (χ4n) is 2.76. The molecule has 1 aromatic heterocycles. The van der Waals surface area contributed by atoms with Crippen LogP contribution >= 0.6 is 11.3 Å². The molecule has 1 aliphatic heterocycles. The summed E-state index contributed by atoms with van der Waals surface area (Å²) in [5.74, 6) is 0. The van der Waals surface area contributed by atoms with E-state index in [1.165, 1.54) is 0 Å². The van der Waals surface area contributed by atoms with Gasteiger partial charge < -0.3 is 15.4 Å². The van der Waals surface area contributed by atoms with Gasteiger partial charge in [0.1, 0.15) is 5.01 Å². The number of nitrogens with zero attached hydrogens (tertiary/aromatic N) is 1. The van der Waals surface area contributed by atoms with Crippen LogP contribution in [0.1, 0.15) is 37.2 Å². The summed E-state index contributed by atoms with van der Waals surface area (Å²) in [7, 11) is 0. The fourth-order valence-corrected chi connectivity index (χ4v) is 3.59. The van der Waals surface area contributed by atoms with Crippen LogP contribution in [0.5, 0.6) is 0 Å². The van der Waals surface area contributed by atoms with E-state index in [1.54, 1.807) is 11.3 Å². The van der Waals surface area contributed by atoms with Crippen molar-refractivity contribution in [2.45, 2.75) is 38.3 Å². The van der Waals surface area contributed by atoms with Gasteiger partial charge in [-0.2, -0.15) is 0 Å². The van der Waals surface area contributed by atoms with Crippen LogP contribution < -0.4 is 10.6 Å². The molecule has 1 saturated heterocycles. The number of nitrogens with one attached hydrogen (secondary N) is 2. The molecule has 24 heavy (non-hydrogen) atoms. The molecule has 128 valence electrons. The van der Waals surface area contributed by atoms with Crippen molar-refractivity contribution in [3.63, 3.8) is 0 Å². The minimum absolute atomic E-state index is 0.116. The third-order valence-electron chi connectivity index (χ3n) is 4.09. The molecule has 2 amide bonds. The fraction of sp³-hybridized carbons (Fsp3) is 0.444. The van der Waals surface area contributed by atoms with E-state index in [0.717, 1.165) is 42.1 Å². The maximum absolute atomic E-state index is 12.0. The number of ether oxygens (including phenoxy) is 1. The number of carbonyl (C=O) groups is 1. The van der Waals surface area contributed by atoms with E-state index in [9.17, 15) is 4.79 Å². The summed E-state index contributed by atoms with van der Waals surface area (Å²) in [6, 6.07) is 9.78. The van der Waals surface area contributed by atoms with Gasteiger partial charge >= 0.3 is 6.03 Å². The normalized spacial score (nSPS) is 18.3. The number of aromatic nitrogens is 1. The van der Waals surface area contributed by atoms with E-state index >= 15 is 0 Å². The van der Waals surface area contributed by atoms with Crippen LogP contribution in [0.4, 0.5) is 4.79 Å². The van der Waals surface area contributed by atoms with E-state index in [-0.39, 0.29) is 12.1 Å². The van der Waals surface area contributed by atoms with E-state index in [2.05, 4.69) is 15.6 Å². The van der Waals surface area contributed by atoms with Crippen LogP contribution in [0.25, 0.3) is 11.3 Å². The summed E-state index contributed by atoms with van der Waals surface area (Å²) in [5, 5.41) is 8.77. The average molecular weight is 345 g/mol. The molecule has 1 aromatic carbocycles. The zero-order chi connectivity index (χ0) is 16.8. The van der Waals surface area contributed by atoms with Crippen molar-refractivity contribution in [3.05, 3.63) is 40.7 Å². The second kappa shape index (κ2) is 8.26. The highest BCUT2D eigenvalue weighted by atomic mass is 32.1. The smallest absolute Gasteiger partial charge is 0.315 e. The van der Waals surface area contributed by atoms with Gasteiger partial charge in [-0.3, -0.25) is 0 Å². The molecule has 6 heteroatoms. The van der Waals surface area contributed by atoms with Crippen LogP contribution in [0.15, 0.2) is 35.7 Å². The Balaban J connectivity index is 1.46. The molecule has 0 aliphatic carbocycles. The first kappa shape index (κ1) is 16.9. The molecular formula is C18H23N3O2S. The molecular weight excluding hydrogens is 322 g/mol. The van der Waals surface area contributed by atoms with Crippen molar-refractivity contribution in [1.29, 1.82) is 0 Å². The zero-order valence-corrected chi connectivity index (χ0v) is 14.6.